The molecule has 1 aromatic rings. The second-order valence-electron chi connectivity index (χ2n) is 3.59. The van der Waals surface area contributed by atoms with Gasteiger partial charge in [-0.3, -0.25) is 0 Å². The molecule has 0 saturated heterocycles. The lowest BCUT2D eigenvalue weighted by Gasteiger charge is -2.11. The summed E-state index contributed by atoms with van der Waals surface area (Å²) in [6.07, 6.45) is 0.591. The summed E-state index contributed by atoms with van der Waals surface area (Å²) < 4.78 is 32.8. The van der Waals surface area contributed by atoms with E-state index in [1.807, 2.05) is 6.92 Å². The number of hydrogen-bond donors (Lipinski definition) is 0. The average Bonchev–Trinajstić information content (AvgIpc) is 2.64. The summed E-state index contributed by atoms with van der Waals surface area (Å²) in [6, 6.07) is 1.56. The minimum Gasteiger partial charge on any atom is -0.454 e. The molecule has 7 heteroatoms. The fraction of sp³-hybridized carbons (Fsp3) is 0.400. The average molecular weight is 297 g/mol. The molecule has 0 aliphatic carbocycles. The third-order valence-electron chi connectivity index (χ3n) is 2.50. The van der Waals surface area contributed by atoms with Gasteiger partial charge in [-0.05, 0) is 12.0 Å². The molecule has 0 spiro atoms. The fourth-order valence-electron chi connectivity index (χ4n) is 1.82. The van der Waals surface area contributed by atoms with Gasteiger partial charge in [-0.15, -0.1) is 0 Å². The predicted octanol–water partition coefficient (Wildman–Crippen LogP) is 2.70. The zero-order chi connectivity index (χ0) is 12.6. The molecule has 0 atom stereocenters. The van der Waals surface area contributed by atoms with Gasteiger partial charge < -0.3 is 9.47 Å². The molecule has 0 bridgehead atoms. The summed E-state index contributed by atoms with van der Waals surface area (Å²) in [5.41, 5.74) is 1.21. The summed E-state index contributed by atoms with van der Waals surface area (Å²) in [7, 11) is 1.60. The lowest BCUT2D eigenvalue weighted by molar-refractivity contribution is 0.173. The molecule has 0 unspecified atom stereocenters. The van der Waals surface area contributed by atoms with Crippen LogP contribution in [0.15, 0.2) is 6.07 Å². The van der Waals surface area contributed by atoms with Crippen molar-refractivity contribution >= 4 is 31.3 Å². The Hall–Kier alpha value is -0.650. The summed E-state index contributed by atoms with van der Waals surface area (Å²) in [5, 5.41) is 0.329. The van der Waals surface area contributed by atoms with E-state index < -0.39 is 9.05 Å². The highest BCUT2D eigenvalue weighted by Gasteiger charge is 2.24. The van der Waals surface area contributed by atoms with E-state index in [9.17, 15) is 8.42 Å². The summed E-state index contributed by atoms with van der Waals surface area (Å²) in [5.74, 6) is 0.794. The van der Waals surface area contributed by atoms with Crippen molar-refractivity contribution in [3.05, 3.63) is 22.2 Å². The SMILES string of the molecule is CCc1c(CS(=O)(=O)Cl)c(Cl)cc2c1OCO2. The molecule has 1 aromatic carbocycles. The van der Waals surface area contributed by atoms with Gasteiger partial charge in [-0.1, -0.05) is 18.5 Å². The Kier molecular flexibility index (Phi) is 3.43. The number of ether oxygens (including phenoxy) is 2. The van der Waals surface area contributed by atoms with Crippen LogP contribution >= 0.6 is 22.3 Å². The number of halogens is 2. The van der Waals surface area contributed by atoms with Crippen LogP contribution in [-0.4, -0.2) is 15.2 Å². The standard InChI is InChI=1S/C10H10Cl2O4S/c1-2-6-7(4-17(12,13)14)8(11)3-9-10(6)16-5-15-9/h3H,2,4-5H2,1H3. The van der Waals surface area contributed by atoms with Gasteiger partial charge >= 0.3 is 0 Å². The molecule has 0 amide bonds. The maximum absolute atomic E-state index is 11.2. The Balaban J connectivity index is 2.58. The summed E-state index contributed by atoms with van der Waals surface area (Å²) in [6.45, 7) is 2.01. The molecule has 17 heavy (non-hydrogen) atoms. The minimum absolute atomic E-state index is 0.121. The molecule has 0 radical (unpaired) electrons. The molecule has 0 saturated carbocycles. The number of benzene rings is 1. The topological polar surface area (TPSA) is 52.6 Å². The van der Waals surface area contributed by atoms with Crippen molar-refractivity contribution in [2.45, 2.75) is 19.1 Å². The van der Waals surface area contributed by atoms with Crippen LogP contribution in [0.4, 0.5) is 0 Å². The smallest absolute Gasteiger partial charge is 0.236 e. The first-order valence-electron chi connectivity index (χ1n) is 4.94. The Labute approximate surface area is 109 Å². The van der Waals surface area contributed by atoms with E-state index in [2.05, 4.69) is 0 Å². The highest BCUT2D eigenvalue weighted by atomic mass is 35.7. The first kappa shape index (κ1) is 12.8. The highest BCUT2D eigenvalue weighted by molar-refractivity contribution is 8.13. The normalized spacial score (nSPS) is 14.1. The molecule has 2 rings (SSSR count). The lowest BCUT2D eigenvalue weighted by atomic mass is 10.0. The molecule has 94 valence electrons. The van der Waals surface area contributed by atoms with Crippen molar-refractivity contribution in [2.75, 3.05) is 6.79 Å². The van der Waals surface area contributed by atoms with E-state index in [1.54, 1.807) is 6.07 Å². The van der Waals surface area contributed by atoms with Gasteiger partial charge in [0.2, 0.25) is 15.8 Å². The van der Waals surface area contributed by atoms with E-state index in [4.69, 9.17) is 31.8 Å². The molecule has 0 N–H and O–H groups in total. The van der Waals surface area contributed by atoms with Gasteiger partial charge in [0, 0.05) is 27.3 Å². The monoisotopic (exact) mass is 296 g/mol. The van der Waals surface area contributed by atoms with Gasteiger partial charge in [0.15, 0.2) is 11.5 Å². The second-order valence-corrected chi connectivity index (χ2v) is 6.77. The molecule has 1 aliphatic rings. The molecular formula is C10H10Cl2O4S. The highest BCUT2D eigenvalue weighted by Crippen LogP contribution is 2.42. The van der Waals surface area contributed by atoms with Crippen molar-refractivity contribution in [1.29, 1.82) is 0 Å². The van der Waals surface area contributed by atoms with Gasteiger partial charge in [0.25, 0.3) is 0 Å². The van der Waals surface area contributed by atoms with Crippen molar-refractivity contribution in [3.8, 4) is 11.5 Å². The van der Waals surface area contributed by atoms with Crippen LogP contribution in [0.5, 0.6) is 11.5 Å². The predicted molar refractivity (Wildman–Crippen MR) is 65.4 cm³/mol. The van der Waals surface area contributed by atoms with E-state index in [-0.39, 0.29) is 12.5 Å². The third-order valence-corrected chi connectivity index (χ3v) is 3.79. The maximum Gasteiger partial charge on any atom is 0.236 e. The van der Waals surface area contributed by atoms with E-state index >= 15 is 0 Å². The summed E-state index contributed by atoms with van der Waals surface area (Å²) in [4.78, 5) is 0. The van der Waals surface area contributed by atoms with Gasteiger partial charge in [-0.2, -0.15) is 0 Å². The van der Waals surface area contributed by atoms with Crippen LogP contribution in [-0.2, 0) is 21.2 Å². The van der Waals surface area contributed by atoms with Crippen LogP contribution in [0.25, 0.3) is 0 Å². The molecule has 0 fully saturated rings. The van der Waals surface area contributed by atoms with Crippen LogP contribution in [0.1, 0.15) is 18.1 Å². The number of fused-ring (bicyclic) bond motifs is 1. The Morgan fingerprint density at radius 2 is 2.06 bits per heavy atom. The minimum atomic E-state index is -3.66. The molecule has 1 aliphatic heterocycles. The Morgan fingerprint density at radius 3 is 2.65 bits per heavy atom. The van der Waals surface area contributed by atoms with E-state index in [1.165, 1.54) is 0 Å². The van der Waals surface area contributed by atoms with Gasteiger partial charge in [0.1, 0.15) is 0 Å². The van der Waals surface area contributed by atoms with Crippen LogP contribution in [0.2, 0.25) is 5.02 Å². The van der Waals surface area contributed by atoms with Gasteiger partial charge in [0.05, 0.1) is 5.75 Å². The van der Waals surface area contributed by atoms with E-state index in [0.29, 0.717) is 28.5 Å². The van der Waals surface area contributed by atoms with Crippen LogP contribution in [0.3, 0.4) is 0 Å². The largest absolute Gasteiger partial charge is 0.454 e. The molecular weight excluding hydrogens is 287 g/mol. The van der Waals surface area contributed by atoms with Crippen LogP contribution in [0, 0.1) is 0 Å². The molecule has 1 heterocycles. The fourth-order valence-corrected chi connectivity index (χ4v) is 3.18. The molecule has 4 nitrogen and oxygen atoms in total. The zero-order valence-corrected chi connectivity index (χ0v) is 11.3. The first-order chi connectivity index (χ1) is 7.92. The van der Waals surface area contributed by atoms with E-state index in [0.717, 1.165) is 5.56 Å². The van der Waals surface area contributed by atoms with Crippen LogP contribution < -0.4 is 9.47 Å². The first-order valence-corrected chi connectivity index (χ1v) is 7.80. The Bertz CT molecular complexity index is 554. The van der Waals surface area contributed by atoms with Crippen molar-refractivity contribution < 1.29 is 17.9 Å². The quantitative estimate of drug-likeness (QED) is 0.805. The second kappa shape index (κ2) is 4.55. The lowest BCUT2D eigenvalue weighted by Crippen LogP contribution is -2.02. The van der Waals surface area contributed by atoms with Crippen molar-refractivity contribution in [3.63, 3.8) is 0 Å². The zero-order valence-electron chi connectivity index (χ0n) is 9.00. The Morgan fingerprint density at radius 1 is 1.35 bits per heavy atom. The van der Waals surface area contributed by atoms with Crippen molar-refractivity contribution in [1.82, 2.24) is 0 Å². The number of rotatable bonds is 3. The third kappa shape index (κ3) is 2.61. The molecule has 0 aromatic heterocycles. The van der Waals surface area contributed by atoms with Gasteiger partial charge in [-0.25, -0.2) is 8.42 Å². The van der Waals surface area contributed by atoms with Crippen molar-refractivity contribution in [2.24, 2.45) is 0 Å². The number of hydrogen-bond acceptors (Lipinski definition) is 4. The maximum atomic E-state index is 11.2. The summed E-state index contributed by atoms with van der Waals surface area (Å²) >= 11 is 6.04.